The fourth-order valence-corrected chi connectivity index (χ4v) is 3.03. The number of benzene rings is 1. The van der Waals surface area contributed by atoms with Crippen molar-refractivity contribution in [2.24, 2.45) is 5.92 Å². The molecule has 1 heterocycles. The molecule has 1 aromatic carbocycles. The molecule has 0 spiro atoms. The Hall–Kier alpha value is -1.02. The maximum Gasteiger partial charge on any atom is 0.0370 e. The van der Waals surface area contributed by atoms with Crippen LogP contribution in [0, 0.1) is 12.8 Å². The largest absolute Gasteiger partial charge is 0.384 e. The molecular formula is C17H28N2. The van der Waals surface area contributed by atoms with Gasteiger partial charge in [-0.2, -0.15) is 0 Å². The Kier molecular flexibility index (Phi) is 5.71. The number of rotatable bonds is 6. The minimum atomic E-state index is 0.991. The predicted octanol–water partition coefficient (Wildman–Crippen LogP) is 3.92. The Morgan fingerprint density at radius 1 is 1.21 bits per heavy atom. The maximum absolute atomic E-state index is 3.55. The molecule has 1 fully saturated rings. The van der Waals surface area contributed by atoms with E-state index in [1.165, 1.54) is 56.6 Å². The molecule has 0 amide bonds. The molecule has 1 aromatic rings. The average molecular weight is 260 g/mol. The highest BCUT2D eigenvalue weighted by molar-refractivity contribution is 5.50. The highest BCUT2D eigenvalue weighted by Crippen LogP contribution is 2.21. The number of anilines is 1. The van der Waals surface area contributed by atoms with Gasteiger partial charge in [0.15, 0.2) is 0 Å². The first-order valence-corrected chi connectivity index (χ1v) is 7.81. The Labute approximate surface area is 118 Å². The van der Waals surface area contributed by atoms with E-state index >= 15 is 0 Å². The first kappa shape index (κ1) is 14.4. The van der Waals surface area contributed by atoms with Crippen molar-refractivity contribution >= 4 is 5.69 Å². The van der Waals surface area contributed by atoms with Crippen molar-refractivity contribution < 1.29 is 0 Å². The molecule has 106 valence electrons. The number of aryl methyl sites for hydroxylation is 1. The van der Waals surface area contributed by atoms with Crippen LogP contribution in [0.3, 0.4) is 0 Å². The summed E-state index contributed by atoms with van der Waals surface area (Å²) in [6.07, 6.45) is 5.57. The van der Waals surface area contributed by atoms with Gasteiger partial charge in [-0.25, -0.2) is 0 Å². The molecule has 0 unspecified atom stereocenters. The van der Waals surface area contributed by atoms with E-state index in [0.29, 0.717) is 0 Å². The number of hydrogen-bond acceptors (Lipinski definition) is 2. The summed E-state index contributed by atoms with van der Waals surface area (Å²) in [5.74, 6) is 0.991. The molecule has 2 nitrogen and oxygen atoms in total. The van der Waals surface area contributed by atoms with Crippen molar-refractivity contribution in [1.29, 1.82) is 0 Å². The second-order valence-corrected chi connectivity index (χ2v) is 5.82. The number of piperidine rings is 1. The summed E-state index contributed by atoms with van der Waals surface area (Å²) in [5, 5.41) is 3.55. The van der Waals surface area contributed by atoms with Crippen LogP contribution in [0.4, 0.5) is 5.69 Å². The third kappa shape index (κ3) is 4.54. The van der Waals surface area contributed by atoms with Gasteiger partial charge in [-0.15, -0.1) is 0 Å². The van der Waals surface area contributed by atoms with Crippen LogP contribution >= 0.6 is 0 Å². The van der Waals surface area contributed by atoms with Crippen molar-refractivity contribution in [3.05, 3.63) is 29.8 Å². The molecule has 1 aliphatic rings. The Bertz CT molecular complexity index is 367. The quantitative estimate of drug-likeness (QED) is 0.834. The Morgan fingerprint density at radius 2 is 1.95 bits per heavy atom. The summed E-state index contributed by atoms with van der Waals surface area (Å²) in [4.78, 5) is 2.61. The van der Waals surface area contributed by atoms with Gasteiger partial charge >= 0.3 is 0 Å². The summed E-state index contributed by atoms with van der Waals surface area (Å²) >= 11 is 0. The molecular weight excluding hydrogens is 232 g/mol. The minimum absolute atomic E-state index is 0.991. The minimum Gasteiger partial charge on any atom is -0.384 e. The van der Waals surface area contributed by atoms with Gasteiger partial charge in [0.2, 0.25) is 0 Å². The lowest BCUT2D eigenvalue weighted by Gasteiger charge is -2.32. The van der Waals surface area contributed by atoms with Crippen molar-refractivity contribution in [2.45, 2.75) is 39.5 Å². The fraction of sp³-hybridized carbons (Fsp3) is 0.647. The number of nitrogens with one attached hydrogen (secondary N) is 1. The van der Waals surface area contributed by atoms with Crippen LogP contribution in [0.1, 0.15) is 38.2 Å². The smallest absolute Gasteiger partial charge is 0.0370 e. The summed E-state index contributed by atoms with van der Waals surface area (Å²) in [6, 6.07) is 8.53. The number of likely N-dealkylation sites (tertiary alicyclic amines) is 1. The lowest BCUT2D eigenvalue weighted by atomic mass is 9.92. The normalized spacial score (nSPS) is 17.6. The van der Waals surface area contributed by atoms with Gasteiger partial charge < -0.3 is 10.2 Å². The zero-order valence-electron chi connectivity index (χ0n) is 12.5. The van der Waals surface area contributed by atoms with Gasteiger partial charge in [0.25, 0.3) is 0 Å². The van der Waals surface area contributed by atoms with E-state index in [2.05, 4.69) is 48.3 Å². The summed E-state index contributed by atoms with van der Waals surface area (Å²) in [5.41, 5.74) is 2.62. The van der Waals surface area contributed by atoms with Gasteiger partial charge in [0.1, 0.15) is 0 Å². The maximum atomic E-state index is 3.55. The van der Waals surface area contributed by atoms with E-state index in [0.717, 1.165) is 12.5 Å². The molecule has 1 aliphatic heterocycles. The molecule has 0 aliphatic carbocycles. The standard InChI is InChI=1S/C17H28N2/c1-3-6-16-9-12-19(13-10-16)14-11-18-17-8-5-4-7-15(17)2/h4-5,7-8,16,18H,3,6,9-14H2,1-2H3. The topological polar surface area (TPSA) is 15.3 Å². The lowest BCUT2D eigenvalue weighted by Crippen LogP contribution is -2.36. The van der Waals surface area contributed by atoms with Crippen molar-refractivity contribution in [1.82, 2.24) is 4.90 Å². The highest BCUT2D eigenvalue weighted by Gasteiger charge is 2.17. The van der Waals surface area contributed by atoms with Crippen molar-refractivity contribution in [3.63, 3.8) is 0 Å². The highest BCUT2D eigenvalue weighted by atomic mass is 15.1. The van der Waals surface area contributed by atoms with Crippen LogP contribution in [-0.2, 0) is 0 Å². The van der Waals surface area contributed by atoms with Gasteiger partial charge in [-0.05, 0) is 50.4 Å². The van der Waals surface area contributed by atoms with Crippen LogP contribution in [0.2, 0.25) is 0 Å². The van der Waals surface area contributed by atoms with Gasteiger partial charge in [-0.3, -0.25) is 0 Å². The number of nitrogens with zero attached hydrogens (tertiary/aromatic N) is 1. The van der Waals surface area contributed by atoms with E-state index < -0.39 is 0 Å². The third-order valence-corrected chi connectivity index (χ3v) is 4.29. The SMILES string of the molecule is CCCC1CCN(CCNc2ccccc2C)CC1. The van der Waals surface area contributed by atoms with E-state index in [4.69, 9.17) is 0 Å². The summed E-state index contributed by atoms with van der Waals surface area (Å²) in [7, 11) is 0. The first-order valence-electron chi connectivity index (χ1n) is 7.81. The zero-order valence-corrected chi connectivity index (χ0v) is 12.5. The number of para-hydroxylation sites is 1. The molecule has 2 rings (SSSR count). The molecule has 0 aromatic heterocycles. The van der Waals surface area contributed by atoms with Crippen molar-refractivity contribution in [3.8, 4) is 0 Å². The molecule has 19 heavy (non-hydrogen) atoms. The van der Waals surface area contributed by atoms with Gasteiger partial charge in [0.05, 0.1) is 0 Å². The summed E-state index contributed by atoms with van der Waals surface area (Å²) in [6.45, 7) is 9.29. The fourth-order valence-electron chi connectivity index (χ4n) is 3.03. The van der Waals surface area contributed by atoms with E-state index in [9.17, 15) is 0 Å². The van der Waals surface area contributed by atoms with Crippen molar-refractivity contribution in [2.75, 3.05) is 31.5 Å². The Balaban J connectivity index is 1.66. The van der Waals surface area contributed by atoms with Gasteiger partial charge in [0, 0.05) is 18.8 Å². The third-order valence-electron chi connectivity index (χ3n) is 4.29. The summed E-state index contributed by atoms with van der Waals surface area (Å²) < 4.78 is 0. The molecule has 0 atom stereocenters. The monoisotopic (exact) mass is 260 g/mol. The molecule has 2 heteroatoms. The first-order chi connectivity index (χ1) is 9.29. The van der Waals surface area contributed by atoms with Crippen LogP contribution in [0.15, 0.2) is 24.3 Å². The average Bonchev–Trinajstić information content (AvgIpc) is 2.43. The zero-order chi connectivity index (χ0) is 13.5. The van der Waals surface area contributed by atoms with E-state index in [1.54, 1.807) is 0 Å². The van der Waals surface area contributed by atoms with Crippen LogP contribution in [-0.4, -0.2) is 31.1 Å². The lowest BCUT2D eigenvalue weighted by molar-refractivity contribution is 0.184. The van der Waals surface area contributed by atoms with Crippen LogP contribution in [0.25, 0.3) is 0 Å². The second-order valence-electron chi connectivity index (χ2n) is 5.82. The van der Waals surface area contributed by atoms with E-state index in [1.807, 2.05) is 0 Å². The molecule has 0 saturated carbocycles. The van der Waals surface area contributed by atoms with Crippen LogP contribution in [0.5, 0.6) is 0 Å². The van der Waals surface area contributed by atoms with E-state index in [-0.39, 0.29) is 0 Å². The van der Waals surface area contributed by atoms with Crippen LogP contribution < -0.4 is 5.32 Å². The molecule has 1 N–H and O–H groups in total. The van der Waals surface area contributed by atoms with Gasteiger partial charge in [-0.1, -0.05) is 38.0 Å². The Morgan fingerprint density at radius 3 is 2.63 bits per heavy atom. The molecule has 0 radical (unpaired) electrons. The second kappa shape index (κ2) is 7.54. The molecule has 0 bridgehead atoms. The predicted molar refractivity (Wildman–Crippen MR) is 83.7 cm³/mol. The number of hydrogen-bond donors (Lipinski definition) is 1. The molecule has 1 saturated heterocycles.